The van der Waals surface area contributed by atoms with Crippen molar-refractivity contribution in [1.29, 1.82) is 0 Å². The Bertz CT molecular complexity index is 240. The summed E-state index contributed by atoms with van der Waals surface area (Å²) in [5.41, 5.74) is -1.30. The van der Waals surface area contributed by atoms with Gasteiger partial charge in [-0.1, -0.05) is 0 Å². The predicted molar refractivity (Wildman–Crippen MR) is 45.0 cm³/mol. The van der Waals surface area contributed by atoms with Gasteiger partial charge < -0.3 is 19.3 Å². The molecule has 0 aliphatic carbocycles. The number of ether oxygens (including phenoxy) is 3. The zero-order valence-corrected chi connectivity index (χ0v) is 8.46. The van der Waals surface area contributed by atoms with Crippen LogP contribution >= 0.6 is 0 Å². The van der Waals surface area contributed by atoms with Gasteiger partial charge in [0.15, 0.2) is 17.7 Å². The fourth-order valence-corrected chi connectivity index (χ4v) is 2.16. The molecule has 1 N–H and O–H groups in total. The molecule has 0 unspecified atom stereocenters. The summed E-state index contributed by atoms with van der Waals surface area (Å²) in [4.78, 5) is 0. The van der Waals surface area contributed by atoms with Gasteiger partial charge in [0.1, 0.15) is 5.60 Å². The molecule has 0 spiro atoms. The summed E-state index contributed by atoms with van der Waals surface area (Å²) in [5, 5.41) is 9.63. The largest absolute Gasteiger partial charge is 0.366 e. The smallest absolute Gasteiger partial charge is 0.186 e. The van der Waals surface area contributed by atoms with Crippen molar-refractivity contribution in [3.63, 3.8) is 0 Å². The first-order chi connectivity index (χ1) is 5.79. The summed E-state index contributed by atoms with van der Waals surface area (Å²) in [6, 6.07) is 0. The lowest BCUT2D eigenvalue weighted by Gasteiger charge is -2.29. The molecule has 13 heavy (non-hydrogen) atoms. The maximum absolute atomic E-state index is 9.63. The molecule has 2 aliphatic heterocycles. The molecule has 0 amide bonds. The van der Waals surface area contributed by atoms with Crippen LogP contribution in [0.1, 0.15) is 27.7 Å². The van der Waals surface area contributed by atoms with Gasteiger partial charge in [-0.2, -0.15) is 0 Å². The van der Waals surface area contributed by atoms with Crippen LogP contribution in [0.3, 0.4) is 0 Å². The number of hydrogen-bond donors (Lipinski definition) is 1. The first-order valence-electron chi connectivity index (χ1n) is 4.49. The van der Waals surface area contributed by atoms with Gasteiger partial charge in [0, 0.05) is 0 Å². The molecule has 0 saturated carbocycles. The highest BCUT2D eigenvalue weighted by Crippen LogP contribution is 2.49. The van der Waals surface area contributed by atoms with Crippen LogP contribution < -0.4 is 0 Å². The summed E-state index contributed by atoms with van der Waals surface area (Å²) >= 11 is 0. The normalized spacial score (nSPS) is 53.8. The first-order valence-corrected chi connectivity index (χ1v) is 4.49. The van der Waals surface area contributed by atoms with Crippen LogP contribution in [0, 0.1) is 0 Å². The van der Waals surface area contributed by atoms with Crippen LogP contribution in [0.5, 0.6) is 0 Å². The van der Waals surface area contributed by atoms with Crippen molar-refractivity contribution in [3.05, 3.63) is 0 Å². The molecule has 4 nitrogen and oxygen atoms in total. The van der Waals surface area contributed by atoms with E-state index in [-0.39, 0.29) is 0 Å². The van der Waals surface area contributed by atoms with E-state index in [0.717, 1.165) is 0 Å². The van der Waals surface area contributed by atoms with E-state index in [1.54, 1.807) is 0 Å². The third-order valence-electron chi connectivity index (χ3n) is 2.97. The Labute approximate surface area is 77.8 Å². The minimum absolute atomic E-state index is 0.369. The molecule has 4 heteroatoms. The lowest BCUT2D eigenvalue weighted by molar-refractivity contribution is -0.233. The molecule has 2 aliphatic rings. The molecular weight excluding hydrogens is 172 g/mol. The topological polar surface area (TPSA) is 47.9 Å². The van der Waals surface area contributed by atoms with E-state index in [1.807, 2.05) is 27.7 Å². The summed E-state index contributed by atoms with van der Waals surface area (Å²) in [6.45, 7) is 7.77. The minimum atomic E-state index is -0.903. The van der Waals surface area contributed by atoms with E-state index in [4.69, 9.17) is 14.2 Å². The van der Waals surface area contributed by atoms with Gasteiger partial charge in [-0.15, -0.1) is 0 Å². The van der Waals surface area contributed by atoms with Gasteiger partial charge in [0.25, 0.3) is 0 Å². The molecule has 0 aromatic carbocycles. The van der Waals surface area contributed by atoms with Gasteiger partial charge in [0.2, 0.25) is 0 Å². The fraction of sp³-hybridized carbons (Fsp3) is 1.00. The molecule has 2 rings (SSSR count). The average Bonchev–Trinajstić information content (AvgIpc) is 2.24. The second-order valence-electron chi connectivity index (χ2n) is 4.61. The van der Waals surface area contributed by atoms with Crippen molar-refractivity contribution >= 4 is 0 Å². The molecule has 2 fully saturated rings. The van der Waals surface area contributed by atoms with Gasteiger partial charge in [-0.05, 0) is 27.7 Å². The Morgan fingerprint density at radius 2 is 1.77 bits per heavy atom. The summed E-state index contributed by atoms with van der Waals surface area (Å²) in [5.74, 6) is -0.645. The average molecular weight is 188 g/mol. The van der Waals surface area contributed by atoms with Crippen molar-refractivity contribution in [2.75, 3.05) is 6.61 Å². The van der Waals surface area contributed by atoms with E-state index in [1.165, 1.54) is 0 Å². The van der Waals surface area contributed by atoms with Crippen LogP contribution in [0.4, 0.5) is 0 Å². The number of fused-ring (bicyclic) bond motifs is 1. The molecular formula is C9H16O4. The van der Waals surface area contributed by atoms with Crippen LogP contribution in [0.2, 0.25) is 0 Å². The standard InChI is InChI=1S/C9H16O4/c1-7(2)12-8(3)5-11-6(10)9(8,4)13-7/h6,10H,5H2,1-4H3/t6-,8-,9+/m0/s1. The van der Waals surface area contributed by atoms with Crippen LogP contribution in [0.15, 0.2) is 0 Å². The van der Waals surface area contributed by atoms with Gasteiger partial charge in [0.05, 0.1) is 6.61 Å². The first kappa shape index (κ1) is 9.40. The molecule has 0 bridgehead atoms. The van der Waals surface area contributed by atoms with Gasteiger partial charge in [-0.25, -0.2) is 0 Å². The van der Waals surface area contributed by atoms with Crippen molar-refractivity contribution in [1.82, 2.24) is 0 Å². The molecule has 2 saturated heterocycles. The SMILES string of the molecule is CC1(C)O[C@@]2(C)CO[C@H](O)[C@@]2(C)O1. The second kappa shape index (κ2) is 2.25. The van der Waals surface area contributed by atoms with Crippen molar-refractivity contribution in [3.8, 4) is 0 Å². The molecule has 0 radical (unpaired) electrons. The minimum Gasteiger partial charge on any atom is -0.366 e. The molecule has 0 aromatic rings. The summed E-state index contributed by atoms with van der Waals surface area (Å²) in [6.07, 6.45) is -0.903. The highest BCUT2D eigenvalue weighted by molar-refractivity contribution is 5.08. The van der Waals surface area contributed by atoms with Crippen molar-refractivity contribution < 1.29 is 19.3 Å². The van der Waals surface area contributed by atoms with E-state index >= 15 is 0 Å². The third kappa shape index (κ3) is 1.06. The third-order valence-corrected chi connectivity index (χ3v) is 2.97. The van der Waals surface area contributed by atoms with Crippen molar-refractivity contribution in [2.45, 2.75) is 51.0 Å². The van der Waals surface area contributed by atoms with Gasteiger partial charge >= 0.3 is 0 Å². The zero-order chi connectivity index (χ0) is 9.91. The Balaban J connectivity index is 2.36. The maximum atomic E-state index is 9.63. The number of aliphatic hydroxyl groups is 1. The van der Waals surface area contributed by atoms with E-state index in [2.05, 4.69) is 0 Å². The maximum Gasteiger partial charge on any atom is 0.186 e. The Morgan fingerprint density at radius 3 is 2.31 bits per heavy atom. The zero-order valence-electron chi connectivity index (χ0n) is 8.46. The van der Waals surface area contributed by atoms with E-state index < -0.39 is 23.3 Å². The second-order valence-corrected chi connectivity index (χ2v) is 4.61. The molecule has 3 atom stereocenters. The predicted octanol–water partition coefficient (Wildman–Crippen LogP) is 0.635. The quantitative estimate of drug-likeness (QED) is 0.606. The highest BCUT2D eigenvalue weighted by atomic mass is 16.8. The monoisotopic (exact) mass is 188 g/mol. The molecule has 76 valence electrons. The lowest BCUT2D eigenvalue weighted by atomic mass is 9.89. The lowest BCUT2D eigenvalue weighted by Crippen LogP contribution is -2.50. The van der Waals surface area contributed by atoms with Crippen LogP contribution in [-0.4, -0.2) is 35.0 Å². The van der Waals surface area contributed by atoms with E-state index in [9.17, 15) is 5.11 Å². The van der Waals surface area contributed by atoms with Gasteiger partial charge in [-0.3, -0.25) is 0 Å². The number of aliphatic hydroxyl groups excluding tert-OH is 1. The van der Waals surface area contributed by atoms with Crippen LogP contribution in [0.25, 0.3) is 0 Å². The summed E-state index contributed by atoms with van der Waals surface area (Å²) < 4.78 is 16.5. The molecule has 2 heterocycles. The van der Waals surface area contributed by atoms with Crippen LogP contribution in [-0.2, 0) is 14.2 Å². The Kier molecular flexibility index (Phi) is 1.63. The number of rotatable bonds is 0. The van der Waals surface area contributed by atoms with Crippen molar-refractivity contribution in [2.24, 2.45) is 0 Å². The highest BCUT2D eigenvalue weighted by Gasteiger charge is 2.66. The Hall–Kier alpha value is -0.160. The Morgan fingerprint density at radius 1 is 1.15 bits per heavy atom. The fourth-order valence-electron chi connectivity index (χ4n) is 2.16. The van der Waals surface area contributed by atoms with E-state index in [0.29, 0.717) is 6.61 Å². The number of hydrogen-bond acceptors (Lipinski definition) is 4. The molecule has 0 aromatic heterocycles. The summed E-state index contributed by atoms with van der Waals surface area (Å²) in [7, 11) is 0.